The zero-order valence-electron chi connectivity index (χ0n) is 16.2. The summed E-state index contributed by atoms with van der Waals surface area (Å²) < 4.78 is 4.91. The Balaban J connectivity index is 1.72. The minimum Gasteiger partial charge on any atom is -0.395 e. The van der Waals surface area contributed by atoms with Crippen molar-refractivity contribution in [3.8, 4) is 17.5 Å². The molecule has 5 heterocycles. The van der Waals surface area contributed by atoms with E-state index in [0.29, 0.717) is 34.7 Å². The molecule has 30 heavy (non-hydrogen) atoms. The van der Waals surface area contributed by atoms with Crippen molar-refractivity contribution in [1.29, 1.82) is 5.26 Å². The van der Waals surface area contributed by atoms with Crippen LogP contribution in [0.5, 0.6) is 0 Å². The van der Waals surface area contributed by atoms with E-state index < -0.39 is 0 Å². The van der Waals surface area contributed by atoms with Crippen LogP contribution in [-0.4, -0.2) is 53.5 Å². The molecule has 5 rings (SSSR count). The summed E-state index contributed by atoms with van der Waals surface area (Å²) in [6, 6.07) is 5.56. The summed E-state index contributed by atoms with van der Waals surface area (Å²) in [5, 5.41) is 26.3. The highest BCUT2D eigenvalue weighted by Gasteiger charge is 2.24. The molecule has 152 valence electrons. The van der Waals surface area contributed by atoms with Gasteiger partial charge in [0.05, 0.1) is 54.3 Å². The van der Waals surface area contributed by atoms with E-state index in [0.717, 1.165) is 24.9 Å². The lowest BCUT2D eigenvalue weighted by atomic mass is 10.1. The first-order valence-electron chi connectivity index (χ1n) is 9.88. The van der Waals surface area contributed by atoms with Gasteiger partial charge in [-0.25, -0.2) is 19.3 Å². The van der Waals surface area contributed by atoms with Gasteiger partial charge in [-0.3, -0.25) is 9.13 Å². The molecular formula is C20H20N8O2. The van der Waals surface area contributed by atoms with Crippen molar-refractivity contribution in [1.82, 2.24) is 34.0 Å². The van der Waals surface area contributed by atoms with E-state index in [1.807, 2.05) is 0 Å². The highest BCUT2D eigenvalue weighted by Crippen LogP contribution is 2.25. The van der Waals surface area contributed by atoms with Crippen molar-refractivity contribution in [2.24, 2.45) is 0 Å². The maximum Gasteiger partial charge on any atom is 0.330 e. The minimum absolute atomic E-state index is 0.00876. The summed E-state index contributed by atoms with van der Waals surface area (Å²) in [4.78, 5) is 22.4. The van der Waals surface area contributed by atoms with E-state index in [1.54, 1.807) is 39.8 Å². The van der Waals surface area contributed by atoms with Gasteiger partial charge in [-0.15, -0.1) is 0 Å². The number of aliphatic hydroxyl groups excluding tert-OH is 1. The molecular weight excluding hydrogens is 384 g/mol. The molecule has 0 amide bonds. The number of imidazole rings is 1. The van der Waals surface area contributed by atoms with Gasteiger partial charge in [-0.05, 0) is 31.5 Å². The minimum atomic E-state index is -0.189. The molecule has 0 saturated carbocycles. The molecule has 0 aliphatic carbocycles. The zero-order chi connectivity index (χ0) is 20.7. The van der Waals surface area contributed by atoms with Crippen LogP contribution in [0.4, 0.5) is 0 Å². The van der Waals surface area contributed by atoms with Crippen molar-refractivity contribution in [3.63, 3.8) is 0 Å². The molecule has 0 bridgehead atoms. The second kappa shape index (κ2) is 7.37. The molecule has 10 heteroatoms. The van der Waals surface area contributed by atoms with Gasteiger partial charge >= 0.3 is 5.69 Å². The quantitative estimate of drug-likeness (QED) is 0.513. The van der Waals surface area contributed by atoms with Crippen LogP contribution < -0.4 is 11.0 Å². The molecule has 4 aromatic heterocycles. The summed E-state index contributed by atoms with van der Waals surface area (Å²) in [7, 11) is 0. The Morgan fingerprint density at radius 1 is 1.33 bits per heavy atom. The van der Waals surface area contributed by atoms with Gasteiger partial charge < -0.3 is 10.4 Å². The number of hydrogen-bond acceptors (Lipinski definition) is 7. The van der Waals surface area contributed by atoms with Crippen molar-refractivity contribution in [2.75, 3.05) is 19.7 Å². The molecule has 0 unspecified atom stereocenters. The molecule has 4 aromatic rings. The van der Waals surface area contributed by atoms with Crippen LogP contribution in [0.3, 0.4) is 0 Å². The summed E-state index contributed by atoms with van der Waals surface area (Å²) in [5.41, 5.74) is 2.87. The number of nitriles is 1. The van der Waals surface area contributed by atoms with E-state index in [1.165, 1.54) is 4.57 Å². The average Bonchev–Trinajstić information content (AvgIpc) is 3.32. The molecule has 1 fully saturated rings. The summed E-state index contributed by atoms with van der Waals surface area (Å²) in [5.74, 6) is 0.436. The fourth-order valence-corrected chi connectivity index (χ4v) is 4.11. The van der Waals surface area contributed by atoms with Gasteiger partial charge in [-0.1, -0.05) is 0 Å². The first-order chi connectivity index (χ1) is 14.7. The third-order valence-corrected chi connectivity index (χ3v) is 5.56. The largest absolute Gasteiger partial charge is 0.395 e. The second-order valence-corrected chi connectivity index (χ2v) is 7.35. The number of fused-ring (bicyclic) bond motifs is 2. The fourth-order valence-electron chi connectivity index (χ4n) is 4.11. The van der Waals surface area contributed by atoms with Crippen LogP contribution in [0.25, 0.3) is 28.1 Å². The Morgan fingerprint density at radius 3 is 3.00 bits per heavy atom. The number of hydrogen-bond donors (Lipinski definition) is 2. The number of nitrogens with zero attached hydrogens (tertiary/aromatic N) is 7. The standard InChI is InChI=1S/C20H20N8O2/c21-9-13-3-5-27-16(8-13)15(11-24-27)18-23-12-17-19(25-18)28(14-2-1-4-22-10-14)20(30)26(17)6-7-29/h3,5,8,11-12,14,22,29H,1-2,4,6-7,10H2/t14-/m0/s1. The zero-order valence-corrected chi connectivity index (χ0v) is 16.2. The number of aromatic nitrogens is 6. The third-order valence-electron chi connectivity index (χ3n) is 5.56. The van der Waals surface area contributed by atoms with Crippen molar-refractivity contribution in [2.45, 2.75) is 25.4 Å². The third kappa shape index (κ3) is 2.87. The molecule has 10 nitrogen and oxygen atoms in total. The number of aliphatic hydroxyl groups is 1. The van der Waals surface area contributed by atoms with Crippen LogP contribution in [0.15, 0.2) is 35.5 Å². The lowest BCUT2D eigenvalue weighted by Crippen LogP contribution is -2.37. The second-order valence-electron chi connectivity index (χ2n) is 7.35. The fraction of sp³-hybridized carbons (Fsp3) is 0.350. The Bertz CT molecular complexity index is 1340. The van der Waals surface area contributed by atoms with Gasteiger partial charge in [0.2, 0.25) is 0 Å². The van der Waals surface area contributed by atoms with Crippen molar-refractivity contribution >= 4 is 16.7 Å². The van der Waals surface area contributed by atoms with Gasteiger partial charge in [0.1, 0.15) is 5.52 Å². The molecule has 0 radical (unpaired) electrons. The maximum absolute atomic E-state index is 13.1. The Hall–Kier alpha value is -3.55. The van der Waals surface area contributed by atoms with E-state index in [4.69, 9.17) is 4.98 Å². The Labute approximate surface area is 171 Å². The van der Waals surface area contributed by atoms with Crippen LogP contribution >= 0.6 is 0 Å². The van der Waals surface area contributed by atoms with Crippen LogP contribution in [-0.2, 0) is 6.54 Å². The van der Waals surface area contributed by atoms with E-state index in [2.05, 4.69) is 21.5 Å². The number of pyridine rings is 1. The Kier molecular flexibility index (Phi) is 4.54. The number of rotatable bonds is 4. The highest BCUT2D eigenvalue weighted by molar-refractivity contribution is 5.80. The van der Waals surface area contributed by atoms with Crippen LogP contribution in [0, 0.1) is 11.3 Å². The van der Waals surface area contributed by atoms with Gasteiger partial charge in [0.25, 0.3) is 0 Å². The first kappa shape index (κ1) is 18.5. The predicted molar refractivity (Wildman–Crippen MR) is 109 cm³/mol. The van der Waals surface area contributed by atoms with Crippen LogP contribution in [0.1, 0.15) is 24.4 Å². The molecule has 1 atom stereocenters. The normalized spacial score (nSPS) is 16.9. The van der Waals surface area contributed by atoms with Gasteiger partial charge in [0.15, 0.2) is 11.5 Å². The average molecular weight is 404 g/mol. The molecule has 1 aliphatic heterocycles. The molecule has 0 aromatic carbocycles. The monoisotopic (exact) mass is 404 g/mol. The lowest BCUT2D eigenvalue weighted by molar-refractivity contribution is 0.274. The summed E-state index contributed by atoms with van der Waals surface area (Å²) in [6.45, 7) is 1.67. The highest BCUT2D eigenvalue weighted by atomic mass is 16.3. The van der Waals surface area contributed by atoms with E-state index >= 15 is 0 Å². The first-order valence-corrected chi connectivity index (χ1v) is 9.88. The van der Waals surface area contributed by atoms with Gasteiger partial charge in [0, 0.05) is 12.7 Å². The molecule has 1 saturated heterocycles. The maximum atomic E-state index is 13.1. The summed E-state index contributed by atoms with van der Waals surface area (Å²) in [6.07, 6.45) is 6.86. The van der Waals surface area contributed by atoms with Crippen molar-refractivity contribution in [3.05, 3.63) is 46.8 Å². The SMILES string of the molecule is N#Cc1ccn2ncc(-c3ncc4c(n3)n([C@H]3CCCNC3)c(=O)n4CCO)c2c1. The smallest absolute Gasteiger partial charge is 0.330 e. The number of piperidine rings is 1. The molecule has 1 aliphatic rings. The lowest BCUT2D eigenvalue weighted by Gasteiger charge is -2.23. The summed E-state index contributed by atoms with van der Waals surface area (Å²) >= 11 is 0. The van der Waals surface area contributed by atoms with Gasteiger partial charge in [-0.2, -0.15) is 10.4 Å². The number of nitrogens with one attached hydrogen (secondary N) is 1. The molecule has 2 N–H and O–H groups in total. The Morgan fingerprint density at radius 2 is 2.23 bits per heavy atom. The van der Waals surface area contributed by atoms with Crippen molar-refractivity contribution < 1.29 is 5.11 Å². The molecule has 0 spiro atoms. The van der Waals surface area contributed by atoms with E-state index in [9.17, 15) is 15.2 Å². The predicted octanol–water partition coefficient (Wildman–Crippen LogP) is 0.696. The van der Waals surface area contributed by atoms with Crippen LogP contribution in [0.2, 0.25) is 0 Å². The topological polar surface area (TPSA) is 126 Å². The van der Waals surface area contributed by atoms with E-state index in [-0.39, 0.29) is 24.9 Å².